The summed E-state index contributed by atoms with van der Waals surface area (Å²) in [6, 6.07) is 23.7. The Labute approximate surface area is 267 Å². The zero-order valence-corrected chi connectivity index (χ0v) is 26.2. The third-order valence-corrected chi connectivity index (χ3v) is 8.54. The number of likely N-dealkylation sites (N-methyl/N-ethyl adjacent to an activating group) is 1. The van der Waals surface area contributed by atoms with Crippen LogP contribution >= 0.6 is 0 Å². The third kappa shape index (κ3) is 5.94. The van der Waals surface area contributed by atoms with Gasteiger partial charge in [0.25, 0.3) is 5.56 Å². The van der Waals surface area contributed by atoms with E-state index < -0.39 is 0 Å². The number of nitrogens with one attached hydrogen (secondary N) is 1. The zero-order valence-electron chi connectivity index (χ0n) is 26.2. The molecule has 1 saturated heterocycles. The van der Waals surface area contributed by atoms with Crippen LogP contribution in [-0.2, 0) is 13.6 Å². The molecule has 1 aliphatic heterocycles. The van der Waals surface area contributed by atoms with Gasteiger partial charge in [0.15, 0.2) is 5.75 Å². The molecule has 1 N–H and O–H groups in total. The summed E-state index contributed by atoms with van der Waals surface area (Å²) in [4.78, 5) is 32.6. The first kappa shape index (κ1) is 29.2. The molecule has 5 heterocycles. The third-order valence-electron chi connectivity index (χ3n) is 8.54. The molecule has 0 atom stereocenters. The van der Waals surface area contributed by atoms with E-state index in [-0.39, 0.29) is 17.9 Å². The number of para-hydroxylation sites is 1. The number of hydrogen-bond acceptors (Lipinski definition) is 8. The molecule has 46 heavy (non-hydrogen) atoms. The second-order valence-corrected chi connectivity index (χ2v) is 11.7. The second kappa shape index (κ2) is 12.5. The highest BCUT2D eigenvalue weighted by Crippen LogP contribution is 2.29. The number of hydrogen-bond donors (Lipinski definition) is 1. The van der Waals surface area contributed by atoms with Gasteiger partial charge in [-0.1, -0.05) is 18.2 Å². The summed E-state index contributed by atoms with van der Waals surface area (Å²) in [7, 11) is 4.16. The number of pyridine rings is 2. The first-order valence-corrected chi connectivity index (χ1v) is 15.4. The van der Waals surface area contributed by atoms with Crippen LogP contribution in [0.1, 0.15) is 11.1 Å². The van der Waals surface area contributed by atoms with E-state index in [2.05, 4.69) is 48.8 Å². The molecule has 0 saturated carbocycles. The van der Waals surface area contributed by atoms with Crippen LogP contribution in [0.25, 0.3) is 22.3 Å². The number of rotatable bonds is 8. The molecule has 10 nitrogen and oxygen atoms in total. The summed E-state index contributed by atoms with van der Waals surface area (Å²) in [5.41, 5.74) is 6.22. The van der Waals surface area contributed by atoms with E-state index in [1.54, 1.807) is 29.2 Å². The van der Waals surface area contributed by atoms with Crippen molar-refractivity contribution in [2.45, 2.75) is 13.5 Å². The minimum absolute atomic E-state index is 0.215. The highest BCUT2D eigenvalue weighted by molar-refractivity contribution is 5.78. The fourth-order valence-electron chi connectivity index (χ4n) is 5.93. The molecule has 7 rings (SSSR count). The Hall–Kier alpha value is -5.48. The van der Waals surface area contributed by atoms with Crippen molar-refractivity contribution >= 4 is 28.4 Å². The number of benzene rings is 2. The molecule has 0 unspecified atom stereocenters. The Morgan fingerprint density at radius 1 is 0.891 bits per heavy atom. The monoisotopic (exact) mass is 612 g/mol. The summed E-state index contributed by atoms with van der Waals surface area (Å²) in [5.74, 6) is 1.25. The molecule has 1 aliphatic rings. The smallest absolute Gasteiger partial charge is 0.295 e. The summed E-state index contributed by atoms with van der Waals surface area (Å²) in [6.07, 6.45) is 7.28. The van der Waals surface area contributed by atoms with Gasteiger partial charge in [-0.15, -0.1) is 0 Å². The number of aromatic nitrogens is 5. The van der Waals surface area contributed by atoms with E-state index in [1.165, 1.54) is 5.69 Å². The Bertz CT molecular complexity index is 2050. The van der Waals surface area contributed by atoms with Crippen LogP contribution in [-0.4, -0.2) is 62.2 Å². The van der Waals surface area contributed by atoms with E-state index in [1.807, 2.05) is 74.8 Å². The molecule has 2 aromatic carbocycles. The Kier molecular flexibility index (Phi) is 7.94. The van der Waals surface area contributed by atoms with Crippen LogP contribution in [0.2, 0.25) is 0 Å². The van der Waals surface area contributed by atoms with Crippen molar-refractivity contribution in [1.82, 2.24) is 29.0 Å². The van der Waals surface area contributed by atoms with Crippen molar-refractivity contribution in [1.29, 1.82) is 0 Å². The molecule has 232 valence electrons. The van der Waals surface area contributed by atoms with Crippen molar-refractivity contribution in [3.63, 3.8) is 0 Å². The van der Waals surface area contributed by atoms with E-state index in [0.29, 0.717) is 22.7 Å². The van der Waals surface area contributed by atoms with Crippen LogP contribution in [0.4, 0.5) is 17.3 Å². The molecule has 0 amide bonds. The van der Waals surface area contributed by atoms with Gasteiger partial charge in [-0.3, -0.25) is 14.3 Å². The topological polar surface area (TPSA) is 93.3 Å². The lowest BCUT2D eigenvalue weighted by Gasteiger charge is -2.34. The molecule has 1 fully saturated rings. The second-order valence-electron chi connectivity index (χ2n) is 11.7. The summed E-state index contributed by atoms with van der Waals surface area (Å²) < 4.78 is 9.94. The normalized spacial score (nSPS) is 13.7. The van der Waals surface area contributed by atoms with Gasteiger partial charge >= 0.3 is 0 Å². The Morgan fingerprint density at radius 3 is 2.41 bits per heavy atom. The average Bonchev–Trinajstić information content (AvgIpc) is 3.45. The van der Waals surface area contributed by atoms with E-state index in [4.69, 9.17) is 9.72 Å². The Morgan fingerprint density at radius 2 is 1.65 bits per heavy atom. The number of aryl methyl sites for hydroxylation is 2. The van der Waals surface area contributed by atoms with E-state index in [0.717, 1.165) is 54.3 Å². The molecule has 6 aromatic rings. The molecule has 4 aromatic heterocycles. The minimum Gasteiger partial charge on any atom is -0.451 e. The van der Waals surface area contributed by atoms with Crippen LogP contribution in [0, 0.1) is 6.92 Å². The number of fused-ring (bicyclic) bond motifs is 1. The maximum absolute atomic E-state index is 14.2. The molecule has 10 heteroatoms. The summed E-state index contributed by atoms with van der Waals surface area (Å²) >= 11 is 0. The SMILES string of the molecule is Cc1ccccc1Oc1cc2cnc(Nc3ccc(N4CCN(C)CC4)cc3)nc2n(Cc2ccn(C)c2-c2ccncc2)c1=O. The van der Waals surface area contributed by atoms with Gasteiger partial charge in [-0.2, -0.15) is 4.98 Å². The lowest BCUT2D eigenvalue weighted by Crippen LogP contribution is -2.44. The van der Waals surface area contributed by atoms with Gasteiger partial charge in [-0.25, -0.2) is 4.98 Å². The summed E-state index contributed by atoms with van der Waals surface area (Å²) in [5, 5.41) is 4.04. The number of nitrogens with zero attached hydrogens (tertiary/aromatic N) is 7. The van der Waals surface area contributed by atoms with Crippen LogP contribution in [0.3, 0.4) is 0 Å². The minimum atomic E-state index is -0.276. The first-order valence-electron chi connectivity index (χ1n) is 15.4. The van der Waals surface area contributed by atoms with Gasteiger partial charge < -0.3 is 24.4 Å². The molecule has 0 radical (unpaired) electrons. The van der Waals surface area contributed by atoms with Crippen molar-refractivity contribution in [2.75, 3.05) is 43.4 Å². The average molecular weight is 613 g/mol. The van der Waals surface area contributed by atoms with E-state index >= 15 is 0 Å². The Balaban J connectivity index is 1.26. The lowest BCUT2D eigenvalue weighted by atomic mass is 10.1. The van der Waals surface area contributed by atoms with Gasteiger partial charge in [-0.05, 0) is 79.7 Å². The fraction of sp³-hybridized carbons (Fsp3) is 0.222. The molecular formula is C36H36N8O2. The number of piperazine rings is 1. The predicted molar refractivity (Wildman–Crippen MR) is 182 cm³/mol. The molecule has 0 spiro atoms. The molecule has 0 aliphatic carbocycles. The van der Waals surface area contributed by atoms with Gasteiger partial charge in [0, 0.05) is 80.3 Å². The van der Waals surface area contributed by atoms with Crippen molar-refractivity contribution in [3.8, 4) is 22.8 Å². The highest BCUT2D eigenvalue weighted by Gasteiger charge is 2.19. The zero-order chi connectivity index (χ0) is 31.6. The predicted octanol–water partition coefficient (Wildman–Crippen LogP) is 5.84. The molecule has 0 bridgehead atoms. The van der Waals surface area contributed by atoms with E-state index in [9.17, 15) is 4.79 Å². The maximum atomic E-state index is 14.2. The van der Waals surface area contributed by atoms with Crippen molar-refractivity contribution < 1.29 is 4.74 Å². The van der Waals surface area contributed by atoms with Crippen LogP contribution in [0.15, 0.2) is 102 Å². The number of anilines is 3. The first-order chi connectivity index (χ1) is 22.4. The highest BCUT2D eigenvalue weighted by atomic mass is 16.5. The van der Waals surface area contributed by atoms with Crippen molar-refractivity contribution in [3.05, 3.63) is 119 Å². The lowest BCUT2D eigenvalue weighted by molar-refractivity contribution is 0.313. The van der Waals surface area contributed by atoms with Crippen LogP contribution in [0.5, 0.6) is 11.5 Å². The fourth-order valence-corrected chi connectivity index (χ4v) is 5.93. The standard InChI is InChI=1S/C36H36N8O2/c1-25-6-4-5-7-31(25)46-32-22-28-23-38-36(39-29-8-10-30(11-9-29)43-20-18-41(2)19-21-43)40-34(28)44(35(32)45)24-27-14-17-42(3)33(27)26-12-15-37-16-13-26/h4-17,22-23H,18-21,24H2,1-3H3,(H,38,39,40). The molecular weight excluding hydrogens is 576 g/mol. The van der Waals surface area contributed by atoms with Crippen molar-refractivity contribution in [2.24, 2.45) is 7.05 Å². The number of ether oxygens (including phenoxy) is 1. The largest absolute Gasteiger partial charge is 0.451 e. The maximum Gasteiger partial charge on any atom is 0.295 e. The van der Waals surface area contributed by atoms with Gasteiger partial charge in [0.05, 0.1) is 12.2 Å². The van der Waals surface area contributed by atoms with Crippen LogP contribution < -0.4 is 20.5 Å². The quantitative estimate of drug-likeness (QED) is 0.229. The van der Waals surface area contributed by atoms with Gasteiger partial charge in [0.1, 0.15) is 11.4 Å². The van der Waals surface area contributed by atoms with Gasteiger partial charge in [0.2, 0.25) is 5.95 Å². The summed E-state index contributed by atoms with van der Waals surface area (Å²) in [6.45, 7) is 6.37.